The third kappa shape index (κ3) is 3.61. The molecule has 0 heterocycles. The van der Waals surface area contributed by atoms with E-state index in [0.717, 1.165) is 25.7 Å². The molecule has 0 bridgehead atoms. The highest BCUT2D eigenvalue weighted by Crippen LogP contribution is 2.33. The molecule has 0 spiro atoms. The maximum Gasteiger partial charge on any atom is 0.326 e. The minimum Gasteiger partial charge on any atom is -0.480 e. The molecule has 0 radical (unpaired) electrons. The van der Waals surface area contributed by atoms with E-state index in [2.05, 4.69) is 5.32 Å². The number of carbonyl (C=O) groups excluding carboxylic acids is 1. The molecule has 1 atom stereocenters. The maximum absolute atomic E-state index is 12.3. The standard InChI is InChI=1S/C14H24N2O3/c1-2-16(11-6-4-3-5-7-11)14(19)15-12(13(17)18)10-8-9-10/h10-12H,2-9H2,1H3,(H,15,19)(H,17,18). The summed E-state index contributed by atoms with van der Waals surface area (Å²) < 4.78 is 0. The lowest BCUT2D eigenvalue weighted by Crippen LogP contribution is -2.52. The Bertz CT molecular complexity index is 336. The topological polar surface area (TPSA) is 69.6 Å². The molecule has 2 rings (SSSR count). The number of carboxylic acid groups (broad SMARTS) is 1. The number of nitrogens with one attached hydrogen (secondary N) is 1. The Morgan fingerprint density at radius 3 is 2.32 bits per heavy atom. The van der Waals surface area contributed by atoms with Gasteiger partial charge in [0.05, 0.1) is 0 Å². The van der Waals surface area contributed by atoms with E-state index in [9.17, 15) is 9.59 Å². The van der Waals surface area contributed by atoms with Crippen molar-refractivity contribution in [2.75, 3.05) is 6.54 Å². The molecule has 5 nitrogen and oxygen atoms in total. The van der Waals surface area contributed by atoms with E-state index in [1.54, 1.807) is 0 Å². The van der Waals surface area contributed by atoms with Gasteiger partial charge in [0.15, 0.2) is 0 Å². The van der Waals surface area contributed by atoms with Crippen LogP contribution in [0.25, 0.3) is 0 Å². The van der Waals surface area contributed by atoms with Crippen molar-refractivity contribution in [1.29, 1.82) is 0 Å². The van der Waals surface area contributed by atoms with Crippen LogP contribution in [0, 0.1) is 5.92 Å². The Morgan fingerprint density at radius 1 is 1.21 bits per heavy atom. The summed E-state index contributed by atoms with van der Waals surface area (Å²) in [5.41, 5.74) is 0. The van der Waals surface area contributed by atoms with Gasteiger partial charge in [-0.1, -0.05) is 19.3 Å². The van der Waals surface area contributed by atoms with Gasteiger partial charge in [0.25, 0.3) is 0 Å². The minimum atomic E-state index is -0.907. The molecule has 19 heavy (non-hydrogen) atoms. The van der Waals surface area contributed by atoms with Crippen LogP contribution in [-0.2, 0) is 4.79 Å². The zero-order valence-corrected chi connectivity index (χ0v) is 11.6. The molecule has 2 amide bonds. The fourth-order valence-corrected chi connectivity index (χ4v) is 2.99. The predicted molar refractivity (Wildman–Crippen MR) is 71.9 cm³/mol. The van der Waals surface area contributed by atoms with Crippen LogP contribution in [0.5, 0.6) is 0 Å². The Kier molecular flexibility index (Phi) is 4.66. The van der Waals surface area contributed by atoms with Crippen LogP contribution in [0.2, 0.25) is 0 Å². The zero-order valence-electron chi connectivity index (χ0n) is 11.6. The second-order valence-electron chi connectivity index (χ2n) is 5.68. The smallest absolute Gasteiger partial charge is 0.326 e. The van der Waals surface area contributed by atoms with Crippen molar-refractivity contribution < 1.29 is 14.7 Å². The normalized spacial score (nSPS) is 21.7. The highest BCUT2D eigenvalue weighted by molar-refractivity contribution is 5.83. The number of amides is 2. The lowest BCUT2D eigenvalue weighted by molar-refractivity contribution is -0.139. The summed E-state index contributed by atoms with van der Waals surface area (Å²) in [6.07, 6.45) is 7.48. The van der Waals surface area contributed by atoms with Crippen LogP contribution >= 0.6 is 0 Å². The summed E-state index contributed by atoms with van der Waals surface area (Å²) >= 11 is 0. The van der Waals surface area contributed by atoms with Gasteiger partial charge in [-0.2, -0.15) is 0 Å². The largest absolute Gasteiger partial charge is 0.480 e. The van der Waals surface area contributed by atoms with Gasteiger partial charge >= 0.3 is 12.0 Å². The molecule has 2 N–H and O–H groups in total. The maximum atomic E-state index is 12.3. The first-order valence-electron chi connectivity index (χ1n) is 7.43. The number of rotatable bonds is 5. The van der Waals surface area contributed by atoms with E-state index >= 15 is 0 Å². The number of urea groups is 1. The Hall–Kier alpha value is -1.26. The number of carboxylic acids is 1. The number of carbonyl (C=O) groups is 2. The fraction of sp³-hybridized carbons (Fsp3) is 0.857. The Balaban J connectivity index is 1.93. The highest BCUT2D eigenvalue weighted by Gasteiger charge is 2.38. The van der Waals surface area contributed by atoms with Gasteiger partial charge in [0.1, 0.15) is 6.04 Å². The van der Waals surface area contributed by atoms with Crippen LogP contribution in [0.1, 0.15) is 51.9 Å². The molecule has 2 aliphatic rings. The molecule has 2 saturated carbocycles. The van der Waals surface area contributed by atoms with Gasteiger partial charge in [-0.25, -0.2) is 9.59 Å². The van der Waals surface area contributed by atoms with E-state index < -0.39 is 12.0 Å². The Labute approximate surface area is 114 Å². The van der Waals surface area contributed by atoms with E-state index in [1.807, 2.05) is 11.8 Å². The third-order valence-corrected chi connectivity index (χ3v) is 4.26. The van der Waals surface area contributed by atoms with Gasteiger partial charge in [-0.05, 0) is 38.5 Å². The molecule has 0 aromatic heterocycles. The van der Waals surface area contributed by atoms with E-state index in [0.29, 0.717) is 6.54 Å². The van der Waals surface area contributed by atoms with Crippen LogP contribution in [0.4, 0.5) is 4.79 Å². The lowest BCUT2D eigenvalue weighted by atomic mass is 9.94. The summed E-state index contributed by atoms with van der Waals surface area (Å²) in [6, 6.07) is -0.619. The number of aliphatic carboxylic acids is 1. The van der Waals surface area contributed by atoms with Crippen molar-refractivity contribution in [1.82, 2.24) is 10.2 Å². The molecular weight excluding hydrogens is 244 g/mol. The molecule has 0 aliphatic heterocycles. The van der Waals surface area contributed by atoms with Crippen molar-refractivity contribution in [3.8, 4) is 0 Å². The summed E-state index contributed by atoms with van der Waals surface area (Å²) in [4.78, 5) is 25.3. The average Bonchev–Trinajstić information content (AvgIpc) is 3.22. The van der Waals surface area contributed by atoms with Crippen molar-refractivity contribution in [2.45, 2.75) is 64.0 Å². The van der Waals surface area contributed by atoms with Crippen molar-refractivity contribution >= 4 is 12.0 Å². The van der Waals surface area contributed by atoms with E-state index in [-0.39, 0.29) is 18.0 Å². The third-order valence-electron chi connectivity index (χ3n) is 4.26. The summed E-state index contributed by atoms with van der Waals surface area (Å²) in [6.45, 7) is 2.61. The van der Waals surface area contributed by atoms with Crippen LogP contribution in [0.3, 0.4) is 0 Å². The summed E-state index contributed by atoms with van der Waals surface area (Å²) in [5.74, 6) is -0.776. The summed E-state index contributed by atoms with van der Waals surface area (Å²) in [5, 5.41) is 11.9. The van der Waals surface area contributed by atoms with Crippen molar-refractivity contribution in [3.63, 3.8) is 0 Å². The van der Waals surface area contributed by atoms with Crippen LogP contribution < -0.4 is 5.32 Å². The number of nitrogens with zero attached hydrogens (tertiary/aromatic N) is 1. The second kappa shape index (κ2) is 6.26. The van der Waals surface area contributed by atoms with Crippen molar-refractivity contribution in [3.05, 3.63) is 0 Å². The number of hydrogen-bond acceptors (Lipinski definition) is 2. The first-order chi connectivity index (χ1) is 9.13. The quantitative estimate of drug-likeness (QED) is 0.803. The second-order valence-corrected chi connectivity index (χ2v) is 5.68. The van der Waals surface area contributed by atoms with E-state index in [1.165, 1.54) is 19.3 Å². The predicted octanol–water partition coefficient (Wildman–Crippen LogP) is 2.21. The molecule has 1 unspecified atom stereocenters. The molecule has 5 heteroatoms. The fourth-order valence-electron chi connectivity index (χ4n) is 2.99. The highest BCUT2D eigenvalue weighted by atomic mass is 16.4. The lowest BCUT2D eigenvalue weighted by Gasteiger charge is -2.34. The first-order valence-corrected chi connectivity index (χ1v) is 7.43. The summed E-state index contributed by atoms with van der Waals surface area (Å²) in [7, 11) is 0. The molecule has 108 valence electrons. The molecule has 0 saturated heterocycles. The SMILES string of the molecule is CCN(C(=O)NC(C(=O)O)C1CC1)C1CCCCC1. The zero-order chi connectivity index (χ0) is 13.8. The van der Waals surface area contributed by atoms with E-state index in [4.69, 9.17) is 5.11 Å². The minimum absolute atomic E-state index is 0.131. The van der Waals surface area contributed by atoms with Gasteiger partial charge in [-0.15, -0.1) is 0 Å². The first kappa shape index (κ1) is 14.2. The van der Waals surface area contributed by atoms with Gasteiger partial charge in [-0.3, -0.25) is 0 Å². The Morgan fingerprint density at radius 2 is 1.84 bits per heavy atom. The van der Waals surface area contributed by atoms with Crippen LogP contribution in [-0.4, -0.2) is 40.6 Å². The molecule has 2 aliphatic carbocycles. The molecular formula is C14H24N2O3. The molecule has 0 aromatic rings. The molecule has 2 fully saturated rings. The monoisotopic (exact) mass is 268 g/mol. The van der Waals surface area contributed by atoms with Gasteiger partial charge < -0.3 is 15.3 Å². The van der Waals surface area contributed by atoms with Crippen molar-refractivity contribution in [2.24, 2.45) is 5.92 Å². The molecule has 0 aromatic carbocycles. The van der Waals surface area contributed by atoms with Gasteiger partial charge in [0.2, 0.25) is 0 Å². The van der Waals surface area contributed by atoms with Crippen LogP contribution in [0.15, 0.2) is 0 Å². The number of hydrogen-bond donors (Lipinski definition) is 2. The van der Waals surface area contributed by atoms with Gasteiger partial charge in [0, 0.05) is 12.6 Å². The average molecular weight is 268 g/mol.